The lowest BCUT2D eigenvalue weighted by molar-refractivity contribution is 0.202. The Kier molecular flexibility index (Phi) is 4.55. The molecule has 0 bridgehead atoms. The fraction of sp³-hybridized carbons (Fsp3) is 0.348. The molecule has 1 aliphatic rings. The SMILES string of the molecule is CCN1CC[C@@H](Oc2ccc3cc(-c4cn5cc(C)nc(C)c5n4)c(=O)oc3c2)C1. The number of likely N-dealkylation sites (tertiary alicyclic amines) is 1. The zero-order valence-corrected chi connectivity index (χ0v) is 17.4. The van der Waals surface area contributed by atoms with Gasteiger partial charge in [-0.2, -0.15) is 0 Å². The third-order valence-corrected chi connectivity index (χ3v) is 5.69. The summed E-state index contributed by atoms with van der Waals surface area (Å²) in [5.41, 5.74) is 3.57. The van der Waals surface area contributed by atoms with Crippen LogP contribution in [-0.4, -0.2) is 45.0 Å². The van der Waals surface area contributed by atoms with E-state index in [1.165, 1.54) is 0 Å². The minimum Gasteiger partial charge on any atom is -0.489 e. The Morgan fingerprint density at radius 3 is 2.87 bits per heavy atom. The van der Waals surface area contributed by atoms with Gasteiger partial charge in [0.25, 0.3) is 0 Å². The Morgan fingerprint density at radius 2 is 2.07 bits per heavy atom. The molecule has 7 heteroatoms. The maximum absolute atomic E-state index is 12.7. The van der Waals surface area contributed by atoms with E-state index in [0.717, 1.165) is 54.2 Å². The maximum atomic E-state index is 12.7. The van der Waals surface area contributed by atoms with Crippen molar-refractivity contribution in [2.24, 2.45) is 0 Å². The van der Waals surface area contributed by atoms with E-state index < -0.39 is 5.63 Å². The van der Waals surface area contributed by atoms with E-state index >= 15 is 0 Å². The van der Waals surface area contributed by atoms with E-state index in [1.54, 1.807) is 6.07 Å². The molecule has 0 amide bonds. The van der Waals surface area contributed by atoms with E-state index in [2.05, 4.69) is 21.8 Å². The smallest absolute Gasteiger partial charge is 0.345 e. The molecule has 0 spiro atoms. The van der Waals surface area contributed by atoms with Gasteiger partial charge in [0.15, 0.2) is 5.65 Å². The molecule has 4 aromatic rings. The largest absolute Gasteiger partial charge is 0.489 e. The van der Waals surface area contributed by atoms with Gasteiger partial charge in [-0.25, -0.2) is 9.78 Å². The Balaban J connectivity index is 1.49. The number of hydrogen-bond acceptors (Lipinski definition) is 6. The van der Waals surface area contributed by atoms with Crippen LogP contribution in [-0.2, 0) is 0 Å². The molecule has 1 saturated heterocycles. The molecule has 1 aromatic carbocycles. The Morgan fingerprint density at radius 1 is 1.20 bits per heavy atom. The first-order valence-corrected chi connectivity index (χ1v) is 10.3. The quantitative estimate of drug-likeness (QED) is 0.484. The summed E-state index contributed by atoms with van der Waals surface area (Å²) in [4.78, 5) is 24.1. The average molecular weight is 404 g/mol. The van der Waals surface area contributed by atoms with Crippen LogP contribution in [0, 0.1) is 13.8 Å². The normalized spacial score (nSPS) is 17.2. The van der Waals surface area contributed by atoms with Crippen molar-refractivity contribution < 1.29 is 9.15 Å². The number of nitrogens with zero attached hydrogens (tertiary/aromatic N) is 4. The van der Waals surface area contributed by atoms with Crippen LogP contribution in [0.4, 0.5) is 0 Å². The average Bonchev–Trinajstić information content (AvgIpc) is 3.34. The number of hydrogen-bond donors (Lipinski definition) is 0. The van der Waals surface area contributed by atoms with Gasteiger partial charge in [0.1, 0.15) is 17.4 Å². The molecular formula is C23H24N4O3. The molecule has 1 fully saturated rings. The summed E-state index contributed by atoms with van der Waals surface area (Å²) in [6.07, 6.45) is 4.92. The van der Waals surface area contributed by atoms with Crippen molar-refractivity contribution in [2.45, 2.75) is 33.3 Å². The second kappa shape index (κ2) is 7.25. The molecular weight excluding hydrogens is 380 g/mol. The van der Waals surface area contributed by atoms with Crippen molar-refractivity contribution in [3.63, 3.8) is 0 Å². The van der Waals surface area contributed by atoms with Crippen molar-refractivity contribution >= 4 is 16.6 Å². The lowest BCUT2D eigenvalue weighted by atomic mass is 10.1. The summed E-state index contributed by atoms with van der Waals surface area (Å²) in [7, 11) is 0. The fourth-order valence-corrected chi connectivity index (χ4v) is 4.15. The molecule has 0 N–H and O–H groups in total. The summed E-state index contributed by atoms with van der Waals surface area (Å²) in [5.74, 6) is 0.728. The zero-order valence-electron chi connectivity index (χ0n) is 17.4. The number of aryl methyl sites for hydroxylation is 2. The predicted molar refractivity (Wildman–Crippen MR) is 115 cm³/mol. The van der Waals surface area contributed by atoms with Crippen molar-refractivity contribution in [3.8, 4) is 17.0 Å². The first kappa shape index (κ1) is 18.8. The topological polar surface area (TPSA) is 72.9 Å². The summed E-state index contributed by atoms with van der Waals surface area (Å²) in [5, 5.41) is 0.835. The van der Waals surface area contributed by atoms with Gasteiger partial charge in [-0.05, 0) is 45.0 Å². The van der Waals surface area contributed by atoms with Gasteiger partial charge < -0.3 is 13.6 Å². The van der Waals surface area contributed by atoms with Crippen LogP contribution in [0.1, 0.15) is 24.7 Å². The monoisotopic (exact) mass is 404 g/mol. The van der Waals surface area contributed by atoms with Crippen molar-refractivity contribution in [3.05, 3.63) is 58.5 Å². The van der Waals surface area contributed by atoms with Crippen molar-refractivity contribution in [1.29, 1.82) is 0 Å². The molecule has 1 atom stereocenters. The number of ether oxygens (including phenoxy) is 1. The Hall–Kier alpha value is -3.19. The van der Waals surface area contributed by atoms with E-state index in [-0.39, 0.29) is 6.10 Å². The van der Waals surface area contributed by atoms with Gasteiger partial charge in [-0.15, -0.1) is 0 Å². The Labute approximate surface area is 173 Å². The predicted octanol–water partition coefficient (Wildman–Crippen LogP) is 3.59. The van der Waals surface area contributed by atoms with Gasteiger partial charge >= 0.3 is 5.63 Å². The minimum atomic E-state index is -0.414. The van der Waals surface area contributed by atoms with Crippen LogP contribution in [0.25, 0.3) is 27.9 Å². The van der Waals surface area contributed by atoms with Crippen LogP contribution in [0.2, 0.25) is 0 Å². The van der Waals surface area contributed by atoms with Crippen LogP contribution in [0.5, 0.6) is 5.75 Å². The molecule has 0 radical (unpaired) electrons. The number of benzene rings is 1. The van der Waals surface area contributed by atoms with Crippen LogP contribution >= 0.6 is 0 Å². The highest BCUT2D eigenvalue weighted by atomic mass is 16.5. The molecule has 5 rings (SSSR count). The molecule has 154 valence electrons. The maximum Gasteiger partial charge on any atom is 0.345 e. The third kappa shape index (κ3) is 3.35. The van der Waals surface area contributed by atoms with E-state index in [4.69, 9.17) is 9.15 Å². The number of imidazole rings is 1. The number of aromatic nitrogens is 3. The highest BCUT2D eigenvalue weighted by molar-refractivity contribution is 5.82. The second-order valence-corrected chi connectivity index (χ2v) is 7.89. The molecule has 7 nitrogen and oxygen atoms in total. The third-order valence-electron chi connectivity index (χ3n) is 5.69. The van der Waals surface area contributed by atoms with Gasteiger partial charge in [-0.3, -0.25) is 9.88 Å². The molecule has 0 aliphatic carbocycles. The molecule has 3 aromatic heterocycles. The molecule has 1 aliphatic heterocycles. The van der Waals surface area contributed by atoms with E-state index in [0.29, 0.717) is 16.8 Å². The summed E-state index contributed by atoms with van der Waals surface area (Å²) >= 11 is 0. The van der Waals surface area contributed by atoms with E-state index in [1.807, 2.05) is 48.8 Å². The lowest BCUT2D eigenvalue weighted by Gasteiger charge is -2.15. The van der Waals surface area contributed by atoms with Crippen LogP contribution < -0.4 is 10.4 Å². The molecule has 0 unspecified atom stereocenters. The van der Waals surface area contributed by atoms with E-state index in [9.17, 15) is 4.79 Å². The summed E-state index contributed by atoms with van der Waals surface area (Å²) < 4.78 is 13.6. The minimum absolute atomic E-state index is 0.173. The fourth-order valence-electron chi connectivity index (χ4n) is 4.15. The van der Waals surface area contributed by atoms with Gasteiger partial charge in [0, 0.05) is 36.9 Å². The van der Waals surface area contributed by atoms with Gasteiger partial charge in [0.2, 0.25) is 0 Å². The van der Waals surface area contributed by atoms with Crippen LogP contribution in [0.15, 0.2) is 45.9 Å². The molecule has 4 heterocycles. The standard InChI is InChI=1S/C23H24N4O3/c1-4-26-8-7-18(12-26)29-17-6-5-16-9-19(23(28)30-21(16)10-17)20-13-27-11-14(2)24-15(3)22(27)25-20/h5-6,9-11,13,18H,4,7-8,12H2,1-3H3/t18-/m1/s1. The number of fused-ring (bicyclic) bond motifs is 2. The number of rotatable bonds is 4. The molecule has 30 heavy (non-hydrogen) atoms. The van der Waals surface area contributed by atoms with Crippen molar-refractivity contribution in [2.75, 3.05) is 19.6 Å². The number of likely N-dealkylation sites (N-methyl/N-ethyl adjacent to an activating group) is 1. The van der Waals surface area contributed by atoms with Crippen LogP contribution in [0.3, 0.4) is 0 Å². The first-order valence-electron chi connectivity index (χ1n) is 10.3. The first-order chi connectivity index (χ1) is 14.5. The van der Waals surface area contributed by atoms with Gasteiger partial charge in [0.05, 0.1) is 22.6 Å². The summed E-state index contributed by atoms with van der Waals surface area (Å²) in [6.45, 7) is 9.02. The molecule has 0 saturated carbocycles. The lowest BCUT2D eigenvalue weighted by Crippen LogP contribution is -2.24. The highest BCUT2D eigenvalue weighted by Crippen LogP contribution is 2.26. The van der Waals surface area contributed by atoms with Gasteiger partial charge in [-0.1, -0.05) is 6.92 Å². The zero-order chi connectivity index (χ0) is 20.8. The highest BCUT2D eigenvalue weighted by Gasteiger charge is 2.23. The van der Waals surface area contributed by atoms with Crippen molar-refractivity contribution in [1.82, 2.24) is 19.3 Å². The Bertz CT molecular complexity index is 1310. The summed E-state index contributed by atoms with van der Waals surface area (Å²) in [6, 6.07) is 7.49. The second-order valence-electron chi connectivity index (χ2n) is 7.89.